The van der Waals surface area contributed by atoms with E-state index in [2.05, 4.69) is 205 Å². The van der Waals surface area contributed by atoms with Crippen LogP contribution in [-0.4, -0.2) is 14.5 Å². The molecule has 0 aliphatic rings. The van der Waals surface area contributed by atoms with Crippen molar-refractivity contribution in [3.05, 3.63) is 200 Å². The van der Waals surface area contributed by atoms with Gasteiger partial charge in [0.05, 0.1) is 22.2 Å². The van der Waals surface area contributed by atoms with Crippen molar-refractivity contribution >= 4 is 96.5 Å². The molecule has 3 heterocycles. The van der Waals surface area contributed by atoms with Crippen LogP contribution >= 0.6 is 11.3 Å². The number of hydrogen-bond acceptors (Lipinski definition) is 3. The molecule has 60 heavy (non-hydrogen) atoms. The standard InChI is InChI=1S/C56H33N3S/c1-4-15-40-34(11-1)14-9-19-41(40)37-23-25-38(26-24-37)54-45-18-7-8-22-48(45)57-56(58-54)59-49-31-28-35-12-2-5-16-42(35)52(49)47-21-10-20-44(55(47)59)39-27-30-46-51(33-39)60-50-32-29-36-13-3-6-17-43(36)53(46)50/h1-33H. The lowest BCUT2D eigenvalue weighted by molar-refractivity contribution is 1.01. The van der Waals surface area contributed by atoms with Gasteiger partial charge >= 0.3 is 0 Å². The van der Waals surface area contributed by atoms with Crippen LogP contribution in [0, 0.1) is 0 Å². The third-order valence-corrected chi connectivity index (χ3v) is 13.5. The van der Waals surface area contributed by atoms with Crippen LogP contribution in [0.5, 0.6) is 0 Å². The molecule has 0 fully saturated rings. The summed E-state index contributed by atoms with van der Waals surface area (Å²) in [6.45, 7) is 0. The molecule has 13 rings (SSSR count). The minimum atomic E-state index is 0.652. The van der Waals surface area contributed by atoms with Crippen molar-refractivity contribution in [2.75, 3.05) is 0 Å². The predicted octanol–water partition coefficient (Wildman–Crippen LogP) is 15.6. The van der Waals surface area contributed by atoms with Gasteiger partial charge in [0.1, 0.15) is 0 Å². The van der Waals surface area contributed by atoms with E-state index in [9.17, 15) is 0 Å². The molecule has 0 spiro atoms. The van der Waals surface area contributed by atoms with Crippen molar-refractivity contribution in [1.82, 2.24) is 14.5 Å². The Labute approximate surface area is 349 Å². The summed E-state index contributed by atoms with van der Waals surface area (Å²) in [5, 5.41) is 13.5. The highest BCUT2D eigenvalue weighted by atomic mass is 32.1. The molecule has 10 aromatic carbocycles. The first-order valence-corrected chi connectivity index (χ1v) is 21.2. The Hall–Kier alpha value is -7.66. The molecular formula is C56H33N3S. The number of benzene rings is 10. The summed E-state index contributed by atoms with van der Waals surface area (Å²) in [7, 11) is 0. The van der Waals surface area contributed by atoms with Crippen LogP contribution in [-0.2, 0) is 0 Å². The number of thiophene rings is 1. The molecule has 278 valence electrons. The first kappa shape index (κ1) is 33.3. The van der Waals surface area contributed by atoms with E-state index in [1.54, 1.807) is 0 Å². The lowest BCUT2D eigenvalue weighted by Gasteiger charge is -2.14. The summed E-state index contributed by atoms with van der Waals surface area (Å²) in [5.74, 6) is 0.652. The molecule has 13 aromatic rings. The molecule has 3 nitrogen and oxygen atoms in total. The van der Waals surface area contributed by atoms with Gasteiger partial charge in [-0.2, -0.15) is 0 Å². The minimum absolute atomic E-state index is 0.652. The first-order chi connectivity index (χ1) is 29.7. The molecule has 0 N–H and O–H groups in total. The molecule has 0 bridgehead atoms. The van der Waals surface area contributed by atoms with E-state index in [4.69, 9.17) is 9.97 Å². The fourth-order valence-electron chi connectivity index (χ4n) is 9.66. The van der Waals surface area contributed by atoms with Gasteiger partial charge in [-0.3, -0.25) is 4.57 Å². The van der Waals surface area contributed by atoms with Gasteiger partial charge in [0.2, 0.25) is 5.95 Å². The highest BCUT2D eigenvalue weighted by Gasteiger charge is 2.22. The molecule has 0 radical (unpaired) electrons. The van der Waals surface area contributed by atoms with E-state index in [0.29, 0.717) is 5.95 Å². The largest absolute Gasteiger partial charge is 0.277 e. The number of para-hydroxylation sites is 2. The normalized spacial score (nSPS) is 12.0. The molecule has 0 aliphatic carbocycles. The quantitative estimate of drug-likeness (QED) is 0.178. The Balaban J connectivity index is 1.06. The van der Waals surface area contributed by atoms with Gasteiger partial charge in [-0.1, -0.05) is 176 Å². The second-order valence-corrected chi connectivity index (χ2v) is 16.8. The zero-order valence-corrected chi connectivity index (χ0v) is 33.1. The zero-order chi connectivity index (χ0) is 39.3. The lowest BCUT2D eigenvalue weighted by atomic mass is 9.96. The fourth-order valence-corrected chi connectivity index (χ4v) is 10.8. The van der Waals surface area contributed by atoms with E-state index in [-0.39, 0.29) is 0 Å². The maximum Gasteiger partial charge on any atom is 0.235 e. The highest BCUT2D eigenvalue weighted by molar-refractivity contribution is 7.26. The Bertz CT molecular complexity index is 3890. The maximum absolute atomic E-state index is 5.54. The monoisotopic (exact) mass is 779 g/mol. The average molecular weight is 780 g/mol. The number of aromatic nitrogens is 3. The van der Waals surface area contributed by atoms with Gasteiger partial charge < -0.3 is 0 Å². The van der Waals surface area contributed by atoms with Crippen molar-refractivity contribution in [3.63, 3.8) is 0 Å². The Morgan fingerprint density at radius 3 is 1.78 bits per heavy atom. The summed E-state index contributed by atoms with van der Waals surface area (Å²) in [6, 6.07) is 72.5. The number of nitrogens with zero attached hydrogens (tertiary/aromatic N) is 3. The molecule has 4 heteroatoms. The van der Waals surface area contributed by atoms with Gasteiger partial charge in [-0.05, 0) is 73.3 Å². The van der Waals surface area contributed by atoms with Gasteiger partial charge in [0, 0.05) is 47.5 Å². The van der Waals surface area contributed by atoms with E-state index in [1.165, 1.54) is 80.0 Å². The van der Waals surface area contributed by atoms with Crippen LogP contribution in [0.2, 0.25) is 0 Å². The highest BCUT2D eigenvalue weighted by Crippen LogP contribution is 2.44. The van der Waals surface area contributed by atoms with E-state index >= 15 is 0 Å². The van der Waals surface area contributed by atoms with Crippen LogP contribution in [0.1, 0.15) is 0 Å². The van der Waals surface area contributed by atoms with Gasteiger partial charge in [0.15, 0.2) is 0 Å². The van der Waals surface area contributed by atoms with Crippen molar-refractivity contribution < 1.29 is 0 Å². The summed E-state index contributed by atoms with van der Waals surface area (Å²) in [4.78, 5) is 10.9. The van der Waals surface area contributed by atoms with E-state index < -0.39 is 0 Å². The van der Waals surface area contributed by atoms with E-state index in [1.807, 2.05) is 11.3 Å². The van der Waals surface area contributed by atoms with Crippen molar-refractivity contribution in [3.8, 4) is 39.5 Å². The van der Waals surface area contributed by atoms with Crippen LogP contribution in [0.25, 0.3) is 125 Å². The SMILES string of the molecule is c1ccc2c(-c3ccc(-c4nc(-n5c6ccc7ccccc7c6c6cccc(-c7ccc8c(c7)sc7ccc9ccccc9c78)c65)nc5ccccc45)cc3)cccc2c1. The third-order valence-electron chi connectivity index (χ3n) is 12.4. The zero-order valence-electron chi connectivity index (χ0n) is 32.3. The number of rotatable bonds is 4. The van der Waals surface area contributed by atoms with Crippen LogP contribution in [0.3, 0.4) is 0 Å². The molecule has 0 saturated carbocycles. The van der Waals surface area contributed by atoms with Crippen LogP contribution in [0.4, 0.5) is 0 Å². The van der Waals surface area contributed by atoms with Crippen molar-refractivity contribution in [1.29, 1.82) is 0 Å². The number of fused-ring (bicyclic) bond motifs is 12. The first-order valence-electron chi connectivity index (χ1n) is 20.4. The summed E-state index contributed by atoms with van der Waals surface area (Å²) >= 11 is 1.87. The second kappa shape index (κ2) is 12.9. The molecular weight excluding hydrogens is 747 g/mol. The number of hydrogen-bond donors (Lipinski definition) is 0. The Morgan fingerprint density at radius 2 is 0.967 bits per heavy atom. The Morgan fingerprint density at radius 1 is 0.367 bits per heavy atom. The predicted molar refractivity (Wildman–Crippen MR) is 256 cm³/mol. The average Bonchev–Trinajstić information content (AvgIpc) is 3.87. The summed E-state index contributed by atoms with van der Waals surface area (Å²) < 4.78 is 4.90. The topological polar surface area (TPSA) is 30.7 Å². The van der Waals surface area contributed by atoms with Gasteiger partial charge in [-0.25, -0.2) is 9.97 Å². The smallest absolute Gasteiger partial charge is 0.235 e. The summed E-state index contributed by atoms with van der Waals surface area (Å²) in [5.41, 5.74) is 9.76. The van der Waals surface area contributed by atoms with Gasteiger partial charge in [0.25, 0.3) is 0 Å². The van der Waals surface area contributed by atoms with Crippen LogP contribution in [0.15, 0.2) is 200 Å². The van der Waals surface area contributed by atoms with Gasteiger partial charge in [-0.15, -0.1) is 11.3 Å². The minimum Gasteiger partial charge on any atom is -0.277 e. The summed E-state index contributed by atoms with van der Waals surface area (Å²) in [6.07, 6.45) is 0. The van der Waals surface area contributed by atoms with Crippen molar-refractivity contribution in [2.24, 2.45) is 0 Å². The van der Waals surface area contributed by atoms with Crippen LogP contribution < -0.4 is 0 Å². The second-order valence-electron chi connectivity index (χ2n) is 15.7. The molecule has 0 unspecified atom stereocenters. The molecule has 3 aromatic heterocycles. The molecule has 0 saturated heterocycles. The maximum atomic E-state index is 5.54. The molecule has 0 atom stereocenters. The van der Waals surface area contributed by atoms with E-state index in [0.717, 1.165) is 38.8 Å². The molecule has 0 amide bonds. The fraction of sp³-hybridized carbons (Fsp3) is 0. The Kier molecular flexibility index (Phi) is 7.18. The lowest BCUT2D eigenvalue weighted by Crippen LogP contribution is -2.04. The molecule has 0 aliphatic heterocycles. The third kappa shape index (κ3) is 4.95. The van der Waals surface area contributed by atoms with Crippen molar-refractivity contribution in [2.45, 2.75) is 0 Å².